The summed E-state index contributed by atoms with van der Waals surface area (Å²) in [4.78, 5) is 2.06. The second kappa shape index (κ2) is 8.32. The number of rotatable bonds is 6. The lowest BCUT2D eigenvalue weighted by atomic mass is 10.1. The molecule has 1 unspecified atom stereocenters. The van der Waals surface area contributed by atoms with Crippen LogP contribution in [0.25, 0.3) is 10.1 Å². The van der Waals surface area contributed by atoms with E-state index in [1.807, 2.05) is 26.2 Å². The molecule has 1 heterocycles. The van der Waals surface area contributed by atoms with Gasteiger partial charge in [-0.15, -0.1) is 23.7 Å². The first kappa shape index (κ1) is 17.9. The number of thiophene rings is 1. The number of ether oxygens (including phenoxy) is 1. The average Bonchev–Trinajstić information content (AvgIpc) is 2.83. The molecule has 2 rings (SSSR count). The van der Waals surface area contributed by atoms with E-state index >= 15 is 0 Å². The Kier molecular flexibility index (Phi) is 7.43. The van der Waals surface area contributed by atoms with Crippen molar-refractivity contribution in [2.24, 2.45) is 0 Å². The molecule has 0 fully saturated rings. The van der Waals surface area contributed by atoms with Crippen LogP contribution in [-0.4, -0.2) is 43.9 Å². The number of aliphatic hydroxyl groups is 1. The summed E-state index contributed by atoms with van der Waals surface area (Å²) in [6, 6.07) is 6.07. The van der Waals surface area contributed by atoms with Crippen molar-refractivity contribution in [2.45, 2.75) is 6.10 Å². The molecule has 0 spiro atoms. The molecule has 2 aromatic rings. The highest BCUT2D eigenvalue weighted by molar-refractivity contribution is 9.10. The zero-order chi connectivity index (χ0) is 13.8. The normalized spacial score (nSPS) is 12.7. The second-order valence-electron chi connectivity index (χ2n) is 4.70. The van der Waals surface area contributed by atoms with Gasteiger partial charge in [0.25, 0.3) is 0 Å². The molecular weight excluding hydrogens is 362 g/mol. The summed E-state index contributed by atoms with van der Waals surface area (Å²) in [7, 11) is 4.00. The lowest BCUT2D eigenvalue weighted by Crippen LogP contribution is -2.19. The summed E-state index contributed by atoms with van der Waals surface area (Å²) < 4.78 is 7.69. The number of hydrogen-bond acceptors (Lipinski definition) is 4. The van der Waals surface area contributed by atoms with Gasteiger partial charge < -0.3 is 14.7 Å². The Balaban J connectivity index is 0.00000200. The standard InChI is InChI=1S/C14H18BrNO2S.ClH/c1-16(2)6-7-18-9-12(17)10-3-4-13-11(14(10)15)5-8-19-13;/h3-5,8,12,17H,6-7,9H2,1-2H3;1H. The molecule has 1 N–H and O–H groups in total. The number of aliphatic hydroxyl groups excluding tert-OH is 1. The van der Waals surface area contributed by atoms with Crippen LogP contribution < -0.4 is 0 Å². The molecule has 1 aromatic carbocycles. The lowest BCUT2D eigenvalue weighted by molar-refractivity contribution is 0.0304. The Bertz CT molecular complexity index is 547. The van der Waals surface area contributed by atoms with Gasteiger partial charge in [0.2, 0.25) is 0 Å². The summed E-state index contributed by atoms with van der Waals surface area (Å²) in [6.07, 6.45) is -0.596. The molecule has 0 aliphatic rings. The Hall–Kier alpha value is -0.170. The summed E-state index contributed by atoms with van der Waals surface area (Å²) in [6.45, 7) is 1.81. The van der Waals surface area contributed by atoms with Gasteiger partial charge in [-0.05, 0) is 53.1 Å². The van der Waals surface area contributed by atoms with Crippen LogP contribution in [0.15, 0.2) is 28.1 Å². The van der Waals surface area contributed by atoms with Crippen LogP contribution in [0.1, 0.15) is 11.7 Å². The SMILES string of the molecule is CN(C)CCOCC(O)c1ccc2sccc2c1Br.Cl. The third-order valence-corrected chi connectivity index (χ3v) is 4.68. The summed E-state index contributed by atoms with van der Waals surface area (Å²) in [5.74, 6) is 0. The second-order valence-corrected chi connectivity index (χ2v) is 6.44. The molecule has 0 radical (unpaired) electrons. The molecule has 112 valence electrons. The van der Waals surface area contributed by atoms with Gasteiger partial charge in [-0.25, -0.2) is 0 Å². The summed E-state index contributed by atoms with van der Waals surface area (Å²) in [5.41, 5.74) is 0.885. The molecule has 0 bridgehead atoms. The summed E-state index contributed by atoms with van der Waals surface area (Å²) >= 11 is 5.27. The van der Waals surface area contributed by atoms with Crippen molar-refractivity contribution in [3.63, 3.8) is 0 Å². The molecule has 0 saturated carbocycles. The van der Waals surface area contributed by atoms with E-state index in [1.165, 1.54) is 4.70 Å². The van der Waals surface area contributed by atoms with Gasteiger partial charge in [-0.2, -0.15) is 0 Å². The molecule has 6 heteroatoms. The van der Waals surface area contributed by atoms with E-state index in [9.17, 15) is 5.11 Å². The van der Waals surface area contributed by atoms with E-state index in [2.05, 4.69) is 32.3 Å². The first-order chi connectivity index (χ1) is 9.09. The first-order valence-corrected chi connectivity index (χ1v) is 7.83. The van der Waals surface area contributed by atoms with E-state index in [4.69, 9.17) is 4.74 Å². The number of benzene rings is 1. The summed E-state index contributed by atoms with van der Waals surface area (Å²) in [5, 5.41) is 13.4. The van der Waals surface area contributed by atoms with E-state index in [0.717, 1.165) is 22.0 Å². The average molecular weight is 381 g/mol. The van der Waals surface area contributed by atoms with Crippen molar-refractivity contribution in [1.82, 2.24) is 4.90 Å². The van der Waals surface area contributed by atoms with Gasteiger partial charge in [-0.3, -0.25) is 0 Å². The van der Waals surface area contributed by atoms with E-state index in [0.29, 0.717) is 13.2 Å². The van der Waals surface area contributed by atoms with Crippen molar-refractivity contribution >= 4 is 49.8 Å². The van der Waals surface area contributed by atoms with E-state index in [1.54, 1.807) is 11.3 Å². The minimum absolute atomic E-state index is 0. The highest BCUT2D eigenvalue weighted by Crippen LogP contribution is 2.34. The first-order valence-electron chi connectivity index (χ1n) is 6.15. The molecule has 3 nitrogen and oxygen atoms in total. The number of likely N-dealkylation sites (N-methyl/N-ethyl adjacent to an activating group) is 1. The smallest absolute Gasteiger partial charge is 0.103 e. The van der Waals surface area contributed by atoms with Crippen molar-refractivity contribution in [2.75, 3.05) is 33.9 Å². The Labute approximate surface area is 138 Å². The van der Waals surface area contributed by atoms with Gasteiger partial charge in [0.05, 0.1) is 13.2 Å². The molecule has 20 heavy (non-hydrogen) atoms. The maximum Gasteiger partial charge on any atom is 0.103 e. The number of nitrogens with zero attached hydrogens (tertiary/aromatic N) is 1. The van der Waals surface area contributed by atoms with Crippen LogP contribution in [0, 0.1) is 0 Å². The van der Waals surface area contributed by atoms with E-state index in [-0.39, 0.29) is 12.4 Å². The zero-order valence-electron chi connectivity index (χ0n) is 11.5. The van der Waals surface area contributed by atoms with Gasteiger partial charge in [0, 0.05) is 21.1 Å². The molecule has 0 amide bonds. The van der Waals surface area contributed by atoms with Crippen LogP contribution in [0.3, 0.4) is 0 Å². The maximum atomic E-state index is 10.2. The monoisotopic (exact) mass is 379 g/mol. The lowest BCUT2D eigenvalue weighted by Gasteiger charge is -2.15. The van der Waals surface area contributed by atoms with Crippen molar-refractivity contribution in [3.8, 4) is 0 Å². The third-order valence-electron chi connectivity index (χ3n) is 2.92. The number of fused-ring (bicyclic) bond motifs is 1. The van der Waals surface area contributed by atoms with Crippen LogP contribution in [0.5, 0.6) is 0 Å². The molecular formula is C14H19BrClNO2S. The number of halogens is 2. The molecule has 0 aliphatic carbocycles. The van der Waals surface area contributed by atoms with Crippen LogP contribution in [0.4, 0.5) is 0 Å². The maximum absolute atomic E-state index is 10.2. The quantitative estimate of drug-likeness (QED) is 0.776. The highest BCUT2D eigenvalue weighted by Gasteiger charge is 2.14. The van der Waals surface area contributed by atoms with Gasteiger partial charge >= 0.3 is 0 Å². The largest absolute Gasteiger partial charge is 0.386 e. The fourth-order valence-electron chi connectivity index (χ4n) is 1.81. The zero-order valence-corrected chi connectivity index (χ0v) is 14.7. The van der Waals surface area contributed by atoms with Crippen LogP contribution in [0.2, 0.25) is 0 Å². The van der Waals surface area contributed by atoms with Gasteiger partial charge in [-0.1, -0.05) is 6.07 Å². The molecule has 0 saturated heterocycles. The topological polar surface area (TPSA) is 32.7 Å². The predicted molar refractivity (Wildman–Crippen MR) is 91.1 cm³/mol. The fourth-order valence-corrected chi connectivity index (χ4v) is 3.48. The van der Waals surface area contributed by atoms with Gasteiger partial charge in [0.1, 0.15) is 6.10 Å². The van der Waals surface area contributed by atoms with Crippen molar-refractivity contribution in [1.29, 1.82) is 0 Å². The van der Waals surface area contributed by atoms with Crippen LogP contribution >= 0.6 is 39.7 Å². The Morgan fingerprint density at radius 1 is 1.35 bits per heavy atom. The van der Waals surface area contributed by atoms with E-state index < -0.39 is 6.10 Å². The Morgan fingerprint density at radius 3 is 2.80 bits per heavy atom. The number of hydrogen-bond donors (Lipinski definition) is 1. The molecule has 1 aromatic heterocycles. The third kappa shape index (κ3) is 4.41. The predicted octanol–water partition coefficient (Wildman–Crippen LogP) is 3.70. The van der Waals surface area contributed by atoms with Crippen molar-refractivity contribution in [3.05, 3.63) is 33.6 Å². The minimum Gasteiger partial charge on any atom is -0.386 e. The van der Waals surface area contributed by atoms with Gasteiger partial charge in [0.15, 0.2) is 0 Å². The fraction of sp³-hybridized carbons (Fsp3) is 0.429. The highest BCUT2D eigenvalue weighted by atomic mass is 79.9. The molecule has 1 atom stereocenters. The minimum atomic E-state index is -0.596. The van der Waals surface area contributed by atoms with Crippen LogP contribution in [-0.2, 0) is 4.74 Å². The molecule has 0 aliphatic heterocycles. The Morgan fingerprint density at radius 2 is 2.10 bits per heavy atom. The van der Waals surface area contributed by atoms with Crippen molar-refractivity contribution < 1.29 is 9.84 Å².